The van der Waals surface area contributed by atoms with Gasteiger partial charge in [-0.3, -0.25) is 0 Å². The summed E-state index contributed by atoms with van der Waals surface area (Å²) in [6.07, 6.45) is 9.75. The second-order valence-corrected chi connectivity index (χ2v) is 7.84. The highest BCUT2D eigenvalue weighted by atomic mass is 79.9. The van der Waals surface area contributed by atoms with E-state index < -0.39 is 0 Å². The van der Waals surface area contributed by atoms with E-state index >= 15 is 0 Å². The van der Waals surface area contributed by atoms with E-state index in [1.54, 1.807) is 0 Å². The van der Waals surface area contributed by atoms with E-state index in [9.17, 15) is 0 Å². The third-order valence-electron chi connectivity index (χ3n) is 4.62. The van der Waals surface area contributed by atoms with Crippen LogP contribution in [-0.2, 0) is 0 Å². The predicted molar refractivity (Wildman–Crippen MR) is 119 cm³/mol. The van der Waals surface area contributed by atoms with E-state index in [0.29, 0.717) is 0 Å². The predicted octanol–water partition coefficient (Wildman–Crippen LogP) is 8.03. The van der Waals surface area contributed by atoms with E-state index in [-0.39, 0.29) is 0 Å². The van der Waals surface area contributed by atoms with Crippen molar-refractivity contribution in [2.45, 2.75) is 65.2 Å². The fourth-order valence-electron chi connectivity index (χ4n) is 3.01. The molecule has 0 aliphatic heterocycles. The van der Waals surface area contributed by atoms with Gasteiger partial charge in [0.15, 0.2) is 0 Å². The van der Waals surface area contributed by atoms with Gasteiger partial charge in [-0.15, -0.1) is 0 Å². The van der Waals surface area contributed by atoms with Gasteiger partial charge >= 0.3 is 0 Å². The SMILES string of the molecule is CCCCCCOc1cccc(-c2cc(OCCCCCC)ccc2Br)c1. The molecule has 27 heavy (non-hydrogen) atoms. The summed E-state index contributed by atoms with van der Waals surface area (Å²) in [6, 6.07) is 14.5. The molecule has 0 bridgehead atoms. The Labute approximate surface area is 173 Å². The van der Waals surface area contributed by atoms with Crippen LogP contribution in [-0.4, -0.2) is 13.2 Å². The van der Waals surface area contributed by atoms with Crippen LogP contribution in [0.2, 0.25) is 0 Å². The molecule has 148 valence electrons. The van der Waals surface area contributed by atoms with Crippen LogP contribution in [0.15, 0.2) is 46.9 Å². The first kappa shape index (κ1) is 21.8. The van der Waals surface area contributed by atoms with Crippen LogP contribution in [0.3, 0.4) is 0 Å². The normalized spacial score (nSPS) is 10.8. The van der Waals surface area contributed by atoms with Crippen molar-refractivity contribution in [3.8, 4) is 22.6 Å². The number of unbranched alkanes of at least 4 members (excludes halogenated alkanes) is 6. The second-order valence-electron chi connectivity index (χ2n) is 6.99. The Bertz CT molecular complexity index is 669. The smallest absolute Gasteiger partial charge is 0.119 e. The molecule has 2 nitrogen and oxygen atoms in total. The van der Waals surface area contributed by atoms with E-state index in [0.717, 1.165) is 53.2 Å². The maximum Gasteiger partial charge on any atom is 0.119 e. The first-order chi connectivity index (χ1) is 13.2. The fourth-order valence-corrected chi connectivity index (χ4v) is 3.48. The molecule has 2 rings (SSSR count). The first-order valence-corrected chi connectivity index (χ1v) is 11.2. The summed E-state index contributed by atoms with van der Waals surface area (Å²) < 4.78 is 13.0. The molecule has 2 aromatic rings. The number of benzene rings is 2. The molecule has 0 spiro atoms. The number of rotatable bonds is 13. The minimum absolute atomic E-state index is 0.780. The Morgan fingerprint density at radius 3 is 1.96 bits per heavy atom. The third-order valence-corrected chi connectivity index (χ3v) is 5.31. The molecular weight excluding hydrogens is 400 g/mol. The van der Waals surface area contributed by atoms with Crippen LogP contribution >= 0.6 is 15.9 Å². The van der Waals surface area contributed by atoms with Crippen molar-refractivity contribution in [1.29, 1.82) is 0 Å². The van der Waals surface area contributed by atoms with E-state index in [1.165, 1.54) is 38.5 Å². The van der Waals surface area contributed by atoms with Crippen molar-refractivity contribution in [2.24, 2.45) is 0 Å². The van der Waals surface area contributed by atoms with Gasteiger partial charge in [-0.05, 0) is 54.3 Å². The Kier molecular flexibility index (Phi) is 10.4. The Balaban J connectivity index is 1.97. The zero-order chi connectivity index (χ0) is 19.3. The average Bonchev–Trinajstić information content (AvgIpc) is 2.69. The monoisotopic (exact) mass is 432 g/mol. The molecule has 0 aliphatic rings. The molecular formula is C24H33BrO2. The topological polar surface area (TPSA) is 18.5 Å². The summed E-state index contributed by atoms with van der Waals surface area (Å²) in [5.41, 5.74) is 2.28. The maximum atomic E-state index is 5.95. The van der Waals surface area contributed by atoms with Crippen LogP contribution in [0.25, 0.3) is 11.1 Å². The van der Waals surface area contributed by atoms with Crippen molar-refractivity contribution in [2.75, 3.05) is 13.2 Å². The lowest BCUT2D eigenvalue weighted by molar-refractivity contribution is 0.304. The summed E-state index contributed by atoms with van der Waals surface area (Å²) in [7, 11) is 0. The average molecular weight is 433 g/mol. The molecule has 0 aliphatic carbocycles. The van der Waals surface area contributed by atoms with Gasteiger partial charge in [0, 0.05) is 4.47 Å². The summed E-state index contributed by atoms with van der Waals surface area (Å²) in [6.45, 7) is 6.02. The molecule has 0 saturated carbocycles. The van der Waals surface area contributed by atoms with E-state index in [4.69, 9.17) is 9.47 Å². The van der Waals surface area contributed by atoms with E-state index in [2.05, 4.69) is 60.1 Å². The molecule has 0 heterocycles. The van der Waals surface area contributed by atoms with Gasteiger partial charge in [0.1, 0.15) is 11.5 Å². The molecule has 0 radical (unpaired) electrons. The molecule has 0 unspecified atom stereocenters. The van der Waals surface area contributed by atoms with Gasteiger partial charge in [-0.2, -0.15) is 0 Å². The summed E-state index contributed by atoms with van der Waals surface area (Å²) >= 11 is 3.68. The highest BCUT2D eigenvalue weighted by molar-refractivity contribution is 9.10. The van der Waals surface area contributed by atoms with Crippen molar-refractivity contribution in [1.82, 2.24) is 0 Å². The maximum absolute atomic E-state index is 5.95. The summed E-state index contributed by atoms with van der Waals surface area (Å²) in [4.78, 5) is 0. The van der Waals surface area contributed by atoms with Crippen molar-refractivity contribution < 1.29 is 9.47 Å². The van der Waals surface area contributed by atoms with Crippen molar-refractivity contribution in [3.63, 3.8) is 0 Å². The lowest BCUT2D eigenvalue weighted by atomic mass is 10.1. The Morgan fingerprint density at radius 1 is 0.704 bits per heavy atom. The third kappa shape index (κ3) is 7.96. The molecule has 0 atom stereocenters. The van der Waals surface area contributed by atoms with Crippen LogP contribution in [0, 0.1) is 0 Å². The quantitative estimate of drug-likeness (QED) is 0.298. The van der Waals surface area contributed by atoms with E-state index in [1.807, 2.05) is 12.1 Å². The standard InChI is InChI=1S/C24H33BrO2/c1-3-5-7-9-16-26-21-13-11-12-20(18-21)23-19-22(14-15-24(23)25)27-17-10-8-6-4-2/h11-15,18-19H,3-10,16-17H2,1-2H3. The number of ether oxygens (including phenoxy) is 2. The summed E-state index contributed by atoms with van der Waals surface area (Å²) in [5, 5.41) is 0. The molecule has 0 saturated heterocycles. The zero-order valence-corrected chi connectivity index (χ0v) is 18.4. The van der Waals surface area contributed by atoms with Crippen LogP contribution in [0.5, 0.6) is 11.5 Å². The molecule has 0 aromatic heterocycles. The molecule has 2 aromatic carbocycles. The molecule has 0 amide bonds. The van der Waals surface area contributed by atoms with Gasteiger partial charge in [0.05, 0.1) is 13.2 Å². The van der Waals surface area contributed by atoms with Gasteiger partial charge in [0.2, 0.25) is 0 Å². The largest absolute Gasteiger partial charge is 0.494 e. The number of halogens is 1. The molecule has 3 heteroatoms. The lowest BCUT2D eigenvalue weighted by Crippen LogP contribution is -1.98. The number of hydrogen-bond donors (Lipinski definition) is 0. The summed E-state index contributed by atoms with van der Waals surface area (Å²) in [5.74, 6) is 1.86. The lowest BCUT2D eigenvalue weighted by Gasteiger charge is -2.12. The van der Waals surface area contributed by atoms with Crippen LogP contribution in [0.1, 0.15) is 65.2 Å². The minimum atomic E-state index is 0.780. The van der Waals surface area contributed by atoms with Crippen molar-refractivity contribution >= 4 is 15.9 Å². The second kappa shape index (κ2) is 12.8. The molecule has 0 fully saturated rings. The van der Waals surface area contributed by atoms with Crippen LogP contribution < -0.4 is 9.47 Å². The fraction of sp³-hybridized carbons (Fsp3) is 0.500. The number of hydrogen-bond acceptors (Lipinski definition) is 2. The van der Waals surface area contributed by atoms with Gasteiger partial charge in [-0.1, -0.05) is 80.4 Å². The highest BCUT2D eigenvalue weighted by Crippen LogP contribution is 2.33. The zero-order valence-electron chi connectivity index (χ0n) is 16.8. The Morgan fingerprint density at radius 2 is 1.33 bits per heavy atom. The highest BCUT2D eigenvalue weighted by Gasteiger charge is 2.07. The van der Waals surface area contributed by atoms with Gasteiger partial charge in [-0.25, -0.2) is 0 Å². The van der Waals surface area contributed by atoms with Gasteiger partial charge < -0.3 is 9.47 Å². The van der Waals surface area contributed by atoms with Crippen molar-refractivity contribution in [3.05, 3.63) is 46.9 Å². The minimum Gasteiger partial charge on any atom is -0.494 e. The first-order valence-electron chi connectivity index (χ1n) is 10.4. The van der Waals surface area contributed by atoms with Crippen LogP contribution in [0.4, 0.5) is 0 Å². The Hall–Kier alpha value is -1.48. The van der Waals surface area contributed by atoms with Gasteiger partial charge in [0.25, 0.3) is 0 Å². The molecule has 0 N–H and O–H groups in total.